The highest BCUT2D eigenvalue weighted by atomic mass is 16.5. The van der Waals surface area contributed by atoms with Gasteiger partial charge in [-0.05, 0) is 18.2 Å². The van der Waals surface area contributed by atoms with Crippen LogP contribution in [0.3, 0.4) is 0 Å². The van der Waals surface area contributed by atoms with Crippen molar-refractivity contribution >= 4 is 17.6 Å². The molecule has 0 fully saturated rings. The zero-order valence-electron chi connectivity index (χ0n) is 13.7. The number of rotatable bonds is 6. The van der Waals surface area contributed by atoms with Crippen LogP contribution in [-0.4, -0.2) is 58.9 Å². The van der Waals surface area contributed by atoms with Crippen LogP contribution in [0.25, 0.3) is 11.3 Å². The van der Waals surface area contributed by atoms with Crippen molar-refractivity contribution in [1.82, 2.24) is 15.1 Å². The molecule has 0 radical (unpaired) electrons. The Hall–Kier alpha value is -3.13. The van der Waals surface area contributed by atoms with Crippen LogP contribution in [0, 0.1) is 0 Å². The van der Waals surface area contributed by atoms with Gasteiger partial charge in [0.25, 0.3) is 5.91 Å². The van der Waals surface area contributed by atoms with E-state index >= 15 is 0 Å². The van der Waals surface area contributed by atoms with Gasteiger partial charge in [0.2, 0.25) is 0 Å². The number of nitrogens with one attached hydrogen (secondary N) is 2. The first kappa shape index (κ1) is 16.7. The number of esters is 1. The van der Waals surface area contributed by atoms with Crippen molar-refractivity contribution in [2.75, 3.05) is 32.1 Å². The van der Waals surface area contributed by atoms with E-state index in [0.717, 1.165) is 11.3 Å². The Morgan fingerprint density at radius 3 is 2.96 bits per heavy atom. The molecule has 1 amide bonds. The number of β-amino-alcohol motifs (C(OH)–C–C–N with tert-alkyl or cyclic N) is 1. The first-order valence-corrected chi connectivity index (χ1v) is 7.72. The van der Waals surface area contributed by atoms with Crippen molar-refractivity contribution < 1.29 is 19.4 Å². The van der Waals surface area contributed by atoms with Crippen LogP contribution in [0.5, 0.6) is 0 Å². The van der Waals surface area contributed by atoms with E-state index in [0.29, 0.717) is 5.69 Å². The number of aliphatic hydroxyl groups excluding tert-OH is 1. The molecule has 1 aliphatic heterocycles. The zero-order valence-corrected chi connectivity index (χ0v) is 13.7. The second-order valence-corrected chi connectivity index (χ2v) is 5.47. The summed E-state index contributed by atoms with van der Waals surface area (Å²) in [5.74, 6) is -0.914. The van der Waals surface area contributed by atoms with E-state index in [1.165, 1.54) is 12.0 Å². The van der Waals surface area contributed by atoms with Crippen molar-refractivity contribution in [2.24, 2.45) is 0 Å². The average molecular weight is 342 g/mol. The third-order valence-corrected chi connectivity index (χ3v) is 3.90. The SMILES string of the molecule is COC(=O)C1=C(Nc2cccc(-c3ccn[nH]3)c2)C(=O)N(CCO)C1. The van der Waals surface area contributed by atoms with E-state index in [9.17, 15) is 9.59 Å². The van der Waals surface area contributed by atoms with Crippen LogP contribution < -0.4 is 5.32 Å². The molecule has 3 rings (SSSR count). The molecule has 8 nitrogen and oxygen atoms in total. The molecule has 0 atom stereocenters. The molecule has 0 spiro atoms. The molecule has 0 unspecified atom stereocenters. The highest BCUT2D eigenvalue weighted by Crippen LogP contribution is 2.25. The maximum Gasteiger partial charge on any atom is 0.337 e. The Labute approximate surface area is 144 Å². The number of H-pyrrole nitrogens is 1. The highest BCUT2D eigenvalue weighted by molar-refractivity contribution is 6.08. The molecule has 0 saturated heterocycles. The van der Waals surface area contributed by atoms with Crippen molar-refractivity contribution in [3.8, 4) is 11.3 Å². The summed E-state index contributed by atoms with van der Waals surface area (Å²) >= 11 is 0. The second kappa shape index (κ2) is 7.18. The molecule has 1 aromatic carbocycles. The number of methoxy groups -OCH3 is 1. The van der Waals surface area contributed by atoms with Gasteiger partial charge in [0.15, 0.2) is 0 Å². The van der Waals surface area contributed by atoms with Crippen molar-refractivity contribution in [3.63, 3.8) is 0 Å². The number of ether oxygens (including phenoxy) is 1. The Bertz CT molecular complexity index is 814. The van der Waals surface area contributed by atoms with Gasteiger partial charge in [-0.25, -0.2) is 4.79 Å². The lowest BCUT2D eigenvalue weighted by molar-refractivity contribution is -0.136. The Morgan fingerprint density at radius 1 is 1.44 bits per heavy atom. The molecule has 2 aromatic rings. The minimum atomic E-state index is -0.569. The molecular weight excluding hydrogens is 324 g/mol. The van der Waals surface area contributed by atoms with Crippen LogP contribution in [0.1, 0.15) is 0 Å². The van der Waals surface area contributed by atoms with Gasteiger partial charge in [0.05, 0.1) is 31.5 Å². The first-order valence-electron chi connectivity index (χ1n) is 7.72. The quantitative estimate of drug-likeness (QED) is 0.669. The van der Waals surface area contributed by atoms with Crippen LogP contribution in [0.2, 0.25) is 0 Å². The van der Waals surface area contributed by atoms with Crippen LogP contribution in [0.4, 0.5) is 5.69 Å². The summed E-state index contributed by atoms with van der Waals surface area (Å²) in [6, 6.07) is 9.22. The minimum Gasteiger partial charge on any atom is -0.466 e. The summed E-state index contributed by atoms with van der Waals surface area (Å²) in [5.41, 5.74) is 2.79. The lowest BCUT2D eigenvalue weighted by Crippen LogP contribution is -2.31. The Balaban J connectivity index is 1.90. The Morgan fingerprint density at radius 2 is 2.28 bits per heavy atom. The van der Waals surface area contributed by atoms with Crippen molar-refractivity contribution in [3.05, 3.63) is 47.8 Å². The summed E-state index contributed by atoms with van der Waals surface area (Å²) in [6.07, 6.45) is 1.65. The van der Waals surface area contributed by atoms with E-state index in [1.54, 1.807) is 12.3 Å². The lowest BCUT2D eigenvalue weighted by Gasteiger charge is -2.15. The second-order valence-electron chi connectivity index (χ2n) is 5.47. The van der Waals surface area contributed by atoms with Gasteiger partial charge < -0.3 is 20.1 Å². The van der Waals surface area contributed by atoms with E-state index in [2.05, 4.69) is 15.5 Å². The molecule has 1 aromatic heterocycles. The maximum atomic E-state index is 12.5. The van der Waals surface area contributed by atoms with Crippen molar-refractivity contribution in [1.29, 1.82) is 0 Å². The fraction of sp³-hybridized carbons (Fsp3) is 0.235. The molecule has 2 heterocycles. The number of hydrogen-bond donors (Lipinski definition) is 3. The molecule has 8 heteroatoms. The van der Waals surface area contributed by atoms with E-state index in [-0.39, 0.29) is 36.9 Å². The summed E-state index contributed by atoms with van der Waals surface area (Å²) < 4.78 is 4.77. The predicted octanol–water partition coefficient (Wildman–Crippen LogP) is 0.750. The number of aromatic amines is 1. The fourth-order valence-electron chi connectivity index (χ4n) is 2.67. The molecule has 0 aliphatic carbocycles. The number of hydrogen-bond acceptors (Lipinski definition) is 6. The van der Waals surface area contributed by atoms with Crippen LogP contribution in [0.15, 0.2) is 47.8 Å². The van der Waals surface area contributed by atoms with Gasteiger partial charge in [0.1, 0.15) is 5.70 Å². The van der Waals surface area contributed by atoms with E-state index in [4.69, 9.17) is 9.84 Å². The smallest absolute Gasteiger partial charge is 0.337 e. The molecule has 0 bridgehead atoms. The fourth-order valence-corrected chi connectivity index (χ4v) is 2.67. The molecule has 130 valence electrons. The Kier molecular flexibility index (Phi) is 4.80. The minimum absolute atomic E-state index is 0.106. The molecule has 0 saturated carbocycles. The summed E-state index contributed by atoms with van der Waals surface area (Å²) in [4.78, 5) is 25.9. The number of carbonyl (C=O) groups is 2. The van der Waals surface area contributed by atoms with E-state index in [1.807, 2.05) is 24.3 Å². The zero-order chi connectivity index (χ0) is 17.8. The number of amides is 1. The standard InChI is InChI=1S/C17H18N4O4/c1-25-17(24)13-10-21(7-8-22)16(23)15(13)19-12-4-2-3-11(9-12)14-5-6-18-20-14/h2-6,9,19,22H,7-8,10H2,1H3,(H,18,20). The number of carbonyl (C=O) groups excluding carboxylic acids is 2. The molecular formula is C17H18N4O4. The number of benzene rings is 1. The number of aliphatic hydroxyl groups is 1. The topological polar surface area (TPSA) is 108 Å². The predicted molar refractivity (Wildman–Crippen MR) is 90.4 cm³/mol. The number of anilines is 1. The van der Waals surface area contributed by atoms with E-state index < -0.39 is 5.97 Å². The van der Waals surface area contributed by atoms with Gasteiger partial charge in [-0.3, -0.25) is 9.89 Å². The number of nitrogens with zero attached hydrogens (tertiary/aromatic N) is 2. The monoisotopic (exact) mass is 342 g/mol. The summed E-state index contributed by atoms with van der Waals surface area (Å²) in [7, 11) is 1.27. The lowest BCUT2D eigenvalue weighted by atomic mass is 10.1. The highest BCUT2D eigenvalue weighted by Gasteiger charge is 2.34. The molecule has 3 N–H and O–H groups in total. The largest absolute Gasteiger partial charge is 0.466 e. The average Bonchev–Trinajstić information content (AvgIpc) is 3.26. The van der Waals surface area contributed by atoms with Gasteiger partial charge in [-0.15, -0.1) is 0 Å². The third-order valence-electron chi connectivity index (χ3n) is 3.90. The summed E-state index contributed by atoms with van der Waals surface area (Å²) in [6.45, 7) is 0.0795. The van der Waals surface area contributed by atoms with Crippen LogP contribution >= 0.6 is 0 Å². The normalized spacial score (nSPS) is 14.2. The van der Waals surface area contributed by atoms with Gasteiger partial charge in [0, 0.05) is 24.0 Å². The van der Waals surface area contributed by atoms with Crippen molar-refractivity contribution in [2.45, 2.75) is 0 Å². The maximum absolute atomic E-state index is 12.5. The van der Waals surface area contributed by atoms with Gasteiger partial charge >= 0.3 is 5.97 Å². The summed E-state index contributed by atoms with van der Waals surface area (Å²) in [5, 5.41) is 18.9. The third kappa shape index (κ3) is 3.38. The first-order chi connectivity index (χ1) is 12.1. The molecule has 1 aliphatic rings. The molecule has 25 heavy (non-hydrogen) atoms. The number of aromatic nitrogens is 2. The van der Waals surface area contributed by atoms with Crippen LogP contribution in [-0.2, 0) is 14.3 Å². The van der Waals surface area contributed by atoms with Gasteiger partial charge in [-0.1, -0.05) is 12.1 Å². The van der Waals surface area contributed by atoms with Gasteiger partial charge in [-0.2, -0.15) is 5.10 Å².